The lowest BCUT2D eigenvalue weighted by Gasteiger charge is -2.19. The van der Waals surface area contributed by atoms with Crippen molar-refractivity contribution < 1.29 is 4.42 Å². The van der Waals surface area contributed by atoms with E-state index in [0.29, 0.717) is 5.92 Å². The van der Waals surface area contributed by atoms with E-state index in [4.69, 9.17) is 10.3 Å². The fourth-order valence-corrected chi connectivity index (χ4v) is 2.37. The van der Waals surface area contributed by atoms with Crippen LogP contribution in [0.25, 0.3) is 0 Å². The average Bonchev–Trinajstić information content (AvgIpc) is 2.61. The van der Waals surface area contributed by atoms with E-state index in [1.807, 2.05) is 6.07 Å². The molecule has 3 N–H and O–H groups in total. The van der Waals surface area contributed by atoms with Crippen molar-refractivity contribution in [3.63, 3.8) is 0 Å². The SMILES string of the molecule is CCCC(C)CC(NN)c1ccoc1Br. The molecule has 0 fully saturated rings. The first-order valence-electron chi connectivity index (χ1n) is 5.38. The van der Waals surface area contributed by atoms with Gasteiger partial charge in [-0.25, -0.2) is 0 Å². The lowest BCUT2D eigenvalue weighted by atomic mass is 9.95. The molecular formula is C11H19BrN2O. The van der Waals surface area contributed by atoms with Gasteiger partial charge in [0.05, 0.1) is 12.3 Å². The molecule has 0 aliphatic rings. The molecule has 2 atom stereocenters. The fourth-order valence-electron chi connectivity index (χ4n) is 1.85. The Bertz CT molecular complexity index is 288. The van der Waals surface area contributed by atoms with Gasteiger partial charge in [-0.15, -0.1) is 0 Å². The summed E-state index contributed by atoms with van der Waals surface area (Å²) in [6.45, 7) is 4.46. The molecule has 86 valence electrons. The number of hydrogen-bond donors (Lipinski definition) is 2. The van der Waals surface area contributed by atoms with E-state index in [2.05, 4.69) is 35.2 Å². The topological polar surface area (TPSA) is 51.2 Å². The minimum absolute atomic E-state index is 0.166. The van der Waals surface area contributed by atoms with Crippen LogP contribution in [0.3, 0.4) is 0 Å². The third-order valence-electron chi connectivity index (χ3n) is 2.64. The summed E-state index contributed by atoms with van der Waals surface area (Å²) >= 11 is 3.37. The van der Waals surface area contributed by atoms with Crippen LogP contribution in [0.1, 0.15) is 44.7 Å². The van der Waals surface area contributed by atoms with Crippen LogP contribution in [0, 0.1) is 5.92 Å². The Kier molecular flexibility index (Phi) is 5.36. The van der Waals surface area contributed by atoms with Crippen LogP contribution in [0.2, 0.25) is 0 Å². The standard InChI is InChI=1S/C11H19BrN2O/c1-3-4-8(2)7-10(14-13)9-5-6-15-11(9)12/h5-6,8,10,14H,3-4,7,13H2,1-2H3. The van der Waals surface area contributed by atoms with Crippen molar-refractivity contribution in [1.29, 1.82) is 0 Å². The third kappa shape index (κ3) is 3.63. The van der Waals surface area contributed by atoms with Crippen molar-refractivity contribution in [3.05, 3.63) is 22.6 Å². The Labute approximate surface area is 99.5 Å². The predicted molar refractivity (Wildman–Crippen MR) is 65.2 cm³/mol. The first-order chi connectivity index (χ1) is 7.19. The van der Waals surface area contributed by atoms with E-state index in [-0.39, 0.29) is 6.04 Å². The summed E-state index contributed by atoms with van der Waals surface area (Å²) in [6, 6.07) is 2.12. The molecule has 4 heteroatoms. The van der Waals surface area contributed by atoms with Gasteiger partial charge >= 0.3 is 0 Å². The minimum Gasteiger partial charge on any atom is -0.457 e. The van der Waals surface area contributed by atoms with Crippen LogP contribution < -0.4 is 11.3 Å². The maximum absolute atomic E-state index is 5.56. The average molecular weight is 275 g/mol. The Hall–Kier alpha value is -0.320. The molecule has 0 spiro atoms. The molecule has 1 heterocycles. The summed E-state index contributed by atoms with van der Waals surface area (Å²) in [5, 5.41) is 0. The number of nitrogens with two attached hydrogens (primary N) is 1. The highest BCUT2D eigenvalue weighted by molar-refractivity contribution is 9.10. The number of halogens is 1. The quantitative estimate of drug-likeness (QED) is 0.618. The monoisotopic (exact) mass is 274 g/mol. The van der Waals surface area contributed by atoms with Crippen LogP contribution >= 0.6 is 15.9 Å². The van der Waals surface area contributed by atoms with Gasteiger partial charge in [0.1, 0.15) is 0 Å². The highest BCUT2D eigenvalue weighted by Crippen LogP contribution is 2.29. The van der Waals surface area contributed by atoms with Gasteiger partial charge in [-0.2, -0.15) is 0 Å². The zero-order valence-corrected chi connectivity index (χ0v) is 10.9. The van der Waals surface area contributed by atoms with E-state index in [1.165, 1.54) is 12.8 Å². The maximum Gasteiger partial charge on any atom is 0.173 e. The maximum atomic E-state index is 5.56. The zero-order chi connectivity index (χ0) is 11.3. The van der Waals surface area contributed by atoms with E-state index in [1.54, 1.807) is 6.26 Å². The van der Waals surface area contributed by atoms with E-state index in [0.717, 1.165) is 16.7 Å². The summed E-state index contributed by atoms with van der Waals surface area (Å²) in [7, 11) is 0. The highest BCUT2D eigenvalue weighted by Gasteiger charge is 2.17. The van der Waals surface area contributed by atoms with Crippen molar-refractivity contribution in [1.82, 2.24) is 5.43 Å². The van der Waals surface area contributed by atoms with Crippen molar-refractivity contribution >= 4 is 15.9 Å². The number of rotatable bonds is 6. The summed E-state index contributed by atoms with van der Waals surface area (Å²) < 4.78 is 5.98. The van der Waals surface area contributed by atoms with Crippen molar-refractivity contribution in [2.24, 2.45) is 11.8 Å². The predicted octanol–water partition coefficient (Wildman–Crippen LogP) is 3.37. The first kappa shape index (κ1) is 12.7. The van der Waals surface area contributed by atoms with Gasteiger partial charge in [0, 0.05) is 5.56 Å². The van der Waals surface area contributed by atoms with Crippen LogP contribution in [-0.2, 0) is 0 Å². The van der Waals surface area contributed by atoms with E-state index in [9.17, 15) is 0 Å². The van der Waals surface area contributed by atoms with Gasteiger partial charge < -0.3 is 4.42 Å². The zero-order valence-electron chi connectivity index (χ0n) is 9.29. The van der Waals surface area contributed by atoms with Crippen molar-refractivity contribution in [2.75, 3.05) is 0 Å². The number of hydrogen-bond acceptors (Lipinski definition) is 3. The van der Waals surface area contributed by atoms with Crippen LogP contribution in [-0.4, -0.2) is 0 Å². The summed E-state index contributed by atoms with van der Waals surface area (Å²) in [4.78, 5) is 0. The third-order valence-corrected chi connectivity index (χ3v) is 3.29. The van der Waals surface area contributed by atoms with Gasteiger partial charge in [-0.05, 0) is 34.3 Å². The Morgan fingerprint density at radius 1 is 1.60 bits per heavy atom. The molecule has 15 heavy (non-hydrogen) atoms. The molecule has 1 aromatic heterocycles. The van der Waals surface area contributed by atoms with Crippen LogP contribution in [0.5, 0.6) is 0 Å². The highest BCUT2D eigenvalue weighted by atomic mass is 79.9. The Balaban J connectivity index is 2.60. The van der Waals surface area contributed by atoms with E-state index >= 15 is 0 Å². The molecule has 3 nitrogen and oxygen atoms in total. The Morgan fingerprint density at radius 2 is 2.33 bits per heavy atom. The van der Waals surface area contributed by atoms with Gasteiger partial charge in [0.2, 0.25) is 0 Å². The number of furan rings is 1. The van der Waals surface area contributed by atoms with Crippen LogP contribution in [0.4, 0.5) is 0 Å². The second kappa shape index (κ2) is 6.30. The lowest BCUT2D eigenvalue weighted by Crippen LogP contribution is -2.29. The smallest absolute Gasteiger partial charge is 0.173 e. The minimum atomic E-state index is 0.166. The molecule has 2 unspecified atom stereocenters. The normalized spacial score (nSPS) is 15.2. The lowest BCUT2D eigenvalue weighted by molar-refractivity contribution is 0.390. The molecule has 1 rings (SSSR count). The second-order valence-corrected chi connectivity index (χ2v) is 4.72. The molecular weight excluding hydrogens is 256 g/mol. The van der Waals surface area contributed by atoms with Crippen LogP contribution in [0.15, 0.2) is 21.4 Å². The second-order valence-electron chi connectivity index (χ2n) is 4.00. The van der Waals surface area contributed by atoms with E-state index < -0.39 is 0 Å². The van der Waals surface area contributed by atoms with Gasteiger partial charge in [0.15, 0.2) is 4.67 Å². The Morgan fingerprint density at radius 3 is 2.80 bits per heavy atom. The molecule has 1 aromatic rings. The largest absolute Gasteiger partial charge is 0.457 e. The fraction of sp³-hybridized carbons (Fsp3) is 0.636. The van der Waals surface area contributed by atoms with Gasteiger partial charge in [-0.3, -0.25) is 11.3 Å². The number of hydrazine groups is 1. The molecule has 0 radical (unpaired) electrons. The summed E-state index contributed by atoms with van der Waals surface area (Å²) in [5.41, 5.74) is 3.94. The molecule has 0 aromatic carbocycles. The molecule has 0 bridgehead atoms. The van der Waals surface area contributed by atoms with Gasteiger partial charge in [-0.1, -0.05) is 26.7 Å². The molecule has 0 saturated heterocycles. The summed E-state index contributed by atoms with van der Waals surface area (Å²) in [6.07, 6.45) is 5.15. The summed E-state index contributed by atoms with van der Waals surface area (Å²) in [5.74, 6) is 6.23. The van der Waals surface area contributed by atoms with Gasteiger partial charge in [0.25, 0.3) is 0 Å². The number of nitrogens with one attached hydrogen (secondary N) is 1. The first-order valence-corrected chi connectivity index (χ1v) is 6.17. The van der Waals surface area contributed by atoms with Crippen molar-refractivity contribution in [3.8, 4) is 0 Å². The molecule has 0 saturated carbocycles. The molecule has 0 aliphatic carbocycles. The van der Waals surface area contributed by atoms with Crippen molar-refractivity contribution in [2.45, 2.75) is 39.2 Å². The molecule has 0 aliphatic heterocycles. The molecule has 0 amide bonds.